The number of aryl methyl sites for hydroxylation is 1. The molecule has 4 heteroatoms. The van der Waals surface area contributed by atoms with Crippen molar-refractivity contribution in [2.75, 3.05) is 0 Å². The van der Waals surface area contributed by atoms with Crippen LogP contribution in [0.2, 0.25) is 0 Å². The van der Waals surface area contributed by atoms with Gasteiger partial charge in [0.25, 0.3) is 0 Å². The van der Waals surface area contributed by atoms with Gasteiger partial charge in [-0.1, -0.05) is 63.4 Å². The molecule has 174 valence electrons. The zero-order chi connectivity index (χ0) is 22.9. The second kappa shape index (κ2) is 12.1. The largest absolute Gasteiger partial charge is 0.347 e. The van der Waals surface area contributed by atoms with Crippen molar-refractivity contribution in [1.82, 2.24) is 5.32 Å². The third kappa shape index (κ3) is 6.40. The lowest BCUT2D eigenvalue weighted by atomic mass is 9.87. The Labute approximate surface area is 194 Å². The van der Waals surface area contributed by atoms with Crippen molar-refractivity contribution in [1.29, 1.82) is 0 Å². The van der Waals surface area contributed by atoms with Crippen LogP contribution in [-0.4, -0.2) is 23.4 Å². The fourth-order valence-corrected chi connectivity index (χ4v) is 5.10. The smallest absolute Gasteiger partial charge is 0.161 e. The van der Waals surface area contributed by atoms with Crippen molar-refractivity contribution in [3.05, 3.63) is 47.2 Å². The number of hydrogen-bond acceptors (Lipinski definition) is 3. The molecular formula is C28H40N2O2. The lowest BCUT2D eigenvalue weighted by molar-refractivity contribution is -0.128. The number of aliphatic imine (C=N–C) groups is 1. The highest BCUT2D eigenvalue weighted by atomic mass is 16.1. The molecule has 2 atom stereocenters. The molecule has 1 N–H and O–H groups in total. The summed E-state index contributed by atoms with van der Waals surface area (Å²) in [6.45, 7) is 5.95. The van der Waals surface area contributed by atoms with E-state index in [2.05, 4.69) is 29.6 Å². The highest BCUT2D eigenvalue weighted by Crippen LogP contribution is 2.30. The van der Waals surface area contributed by atoms with E-state index < -0.39 is 0 Å². The number of benzene rings is 1. The first-order valence-electron chi connectivity index (χ1n) is 12.7. The summed E-state index contributed by atoms with van der Waals surface area (Å²) in [7, 11) is 0. The van der Waals surface area contributed by atoms with E-state index in [1.807, 2.05) is 26.8 Å². The van der Waals surface area contributed by atoms with Crippen molar-refractivity contribution in [3.63, 3.8) is 0 Å². The summed E-state index contributed by atoms with van der Waals surface area (Å²) in [4.78, 5) is 31.2. The zero-order valence-electron chi connectivity index (χ0n) is 20.2. The molecule has 0 saturated heterocycles. The number of allylic oxidation sites excluding steroid dienone is 2. The molecule has 32 heavy (non-hydrogen) atoms. The Morgan fingerprint density at radius 3 is 2.41 bits per heavy atom. The van der Waals surface area contributed by atoms with Crippen LogP contribution in [0.1, 0.15) is 90.5 Å². The minimum atomic E-state index is -0.239. The van der Waals surface area contributed by atoms with Gasteiger partial charge in [0.1, 0.15) is 11.6 Å². The fourth-order valence-electron chi connectivity index (χ4n) is 5.10. The number of carbonyl (C=O) groups excluding carboxylic acids is 2. The van der Waals surface area contributed by atoms with Gasteiger partial charge < -0.3 is 5.32 Å². The molecule has 0 bridgehead atoms. The molecule has 0 amide bonds. The number of amidine groups is 1. The van der Waals surface area contributed by atoms with Crippen molar-refractivity contribution < 1.29 is 9.59 Å². The van der Waals surface area contributed by atoms with Gasteiger partial charge in [-0.25, -0.2) is 0 Å². The van der Waals surface area contributed by atoms with Gasteiger partial charge in [-0.2, -0.15) is 0 Å². The Balaban J connectivity index is 1.82. The van der Waals surface area contributed by atoms with E-state index in [0.29, 0.717) is 18.9 Å². The monoisotopic (exact) mass is 436 g/mol. The van der Waals surface area contributed by atoms with Crippen LogP contribution in [0.5, 0.6) is 0 Å². The van der Waals surface area contributed by atoms with Crippen LogP contribution in [0.4, 0.5) is 0 Å². The van der Waals surface area contributed by atoms with Gasteiger partial charge in [-0.15, -0.1) is 0 Å². The molecular weight excluding hydrogens is 396 g/mol. The first-order chi connectivity index (χ1) is 15.5. The molecule has 2 aliphatic carbocycles. The quantitative estimate of drug-likeness (QED) is 0.390. The maximum atomic E-state index is 13.2. The minimum absolute atomic E-state index is 0.102. The normalized spacial score (nSPS) is 23.4. The molecule has 0 aliphatic heterocycles. The van der Waals surface area contributed by atoms with Crippen molar-refractivity contribution >= 4 is 17.4 Å². The van der Waals surface area contributed by atoms with Crippen LogP contribution in [0, 0.1) is 11.8 Å². The average molecular weight is 437 g/mol. The lowest BCUT2D eigenvalue weighted by Gasteiger charge is -2.25. The molecule has 2 unspecified atom stereocenters. The number of nitrogens with zero attached hydrogens (tertiary/aromatic N) is 1. The summed E-state index contributed by atoms with van der Waals surface area (Å²) in [6.07, 6.45) is 10.6. The van der Waals surface area contributed by atoms with E-state index in [-0.39, 0.29) is 23.4 Å². The van der Waals surface area contributed by atoms with E-state index >= 15 is 0 Å². The molecule has 0 aromatic heterocycles. The molecule has 1 aromatic rings. The van der Waals surface area contributed by atoms with Gasteiger partial charge in [-0.3, -0.25) is 14.6 Å². The standard InChI is InChI=1S/C28H40N2O2/c1-4-22-19-25(31)20(3)27(24(5-2)28(22)32)30-26(29-23-16-10-7-11-17-23)18-12-15-21-13-8-6-9-14-21/h6,8-9,13-14,22-24H,4-5,7,10-12,15-19H2,1-3H3,(H,29,30). The van der Waals surface area contributed by atoms with Crippen LogP contribution in [0.15, 0.2) is 46.6 Å². The highest BCUT2D eigenvalue weighted by molar-refractivity contribution is 6.03. The van der Waals surface area contributed by atoms with Crippen LogP contribution < -0.4 is 5.32 Å². The van der Waals surface area contributed by atoms with Gasteiger partial charge in [0, 0.05) is 30.0 Å². The molecule has 0 spiro atoms. The number of nitrogens with one attached hydrogen (secondary N) is 1. The predicted octanol–water partition coefficient (Wildman–Crippen LogP) is 6.20. The first kappa shape index (κ1) is 24.4. The van der Waals surface area contributed by atoms with E-state index in [9.17, 15) is 9.59 Å². The number of carbonyl (C=O) groups is 2. The van der Waals surface area contributed by atoms with Crippen LogP contribution in [0.3, 0.4) is 0 Å². The topological polar surface area (TPSA) is 58.5 Å². The maximum Gasteiger partial charge on any atom is 0.161 e. The van der Waals surface area contributed by atoms with Crippen molar-refractivity contribution in [2.45, 2.75) is 97.4 Å². The summed E-state index contributed by atoms with van der Waals surface area (Å²) >= 11 is 0. The van der Waals surface area contributed by atoms with Gasteiger partial charge in [0.2, 0.25) is 0 Å². The van der Waals surface area contributed by atoms with Crippen LogP contribution in [0.25, 0.3) is 0 Å². The Morgan fingerprint density at radius 1 is 1.03 bits per heavy atom. The third-order valence-corrected chi connectivity index (χ3v) is 7.16. The Hall–Kier alpha value is -2.23. The highest BCUT2D eigenvalue weighted by Gasteiger charge is 2.35. The lowest BCUT2D eigenvalue weighted by Crippen LogP contribution is -2.34. The Morgan fingerprint density at radius 2 is 1.75 bits per heavy atom. The SMILES string of the molecule is CCC1CC(=O)C(C)=C(NC(CCCc2ccccc2)=NC2CCCCC2)C(CC)C1=O. The number of ketones is 2. The van der Waals surface area contributed by atoms with Crippen LogP contribution in [-0.2, 0) is 16.0 Å². The first-order valence-corrected chi connectivity index (χ1v) is 12.7. The summed E-state index contributed by atoms with van der Waals surface area (Å²) in [6, 6.07) is 10.9. The van der Waals surface area contributed by atoms with Gasteiger partial charge in [0.05, 0.1) is 12.0 Å². The Bertz CT molecular complexity index is 834. The Kier molecular flexibility index (Phi) is 9.25. The second-order valence-corrected chi connectivity index (χ2v) is 9.47. The summed E-state index contributed by atoms with van der Waals surface area (Å²) in [5.74, 6) is 0.862. The van der Waals surface area contributed by atoms with E-state index in [1.165, 1.54) is 24.8 Å². The van der Waals surface area contributed by atoms with E-state index in [4.69, 9.17) is 4.99 Å². The molecule has 2 aliphatic rings. The molecule has 1 fully saturated rings. The second-order valence-electron chi connectivity index (χ2n) is 9.47. The molecule has 4 nitrogen and oxygen atoms in total. The average Bonchev–Trinajstić information content (AvgIpc) is 2.90. The zero-order valence-corrected chi connectivity index (χ0v) is 20.2. The van der Waals surface area contributed by atoms with Crippen LogP contribution >= 0.6 is 0 Å². The van der Waals surface area contributed by atoms with Gasteiger partial charge in [0.15, 0.2) is 5.78 Å². The maximum absolute atomic E-state index is 13.2. The van der Waals surface area contributed by atoms with E-state index in [1.54, 1.807) is 0 Å². The molecule has 0 radical (unpaired) electrons. The molecule has 3 rings (SSSR count). The van der Waals surface area contributed by atoms with Gasteiger partial charge in [-0.05, 0) is 51.0 Å². The van der Waals surface area contributed by atoms with Crippen molar-refractivity contribution in [2.24, 2.45) is 16.8 Å². The van der Waals surface area contributed by atoms with E-state index in [0.717, 1.165) is 55.6 Å². The number of hydrogen-bond donors (Lipinski definition) is 1. The summed E-state index contributed by atoms with van der Waals surface area (Å²) in [5, 5.41) is 3.57. The molecule has 1 saturated carbocycles. The summed E-state index contributed by atoms with van der Waals surface area (Å²) in [5.41, 5.74) is 2.87. The molecule has 0 heterocycles. The minimum Gasteiger partial charge on any atom is -0.347 e. The number of rotatable bonds is 8. The number of Topliss-reactive ketones (excluding diaryl/α,β-unsaturated/α-hetero) is 2. The summed E-state index contributed by atoms with van der Waals surface area (Å²) < 4.78 is 0. The van der Waals surface area contributed by atoms with Gasteiger partial charge >= 0.3 is 0 Å². The molecule has 1 aromatic carbocycles. The third-order valence-electron chi connectivity index (χ3n) is 7.16. The van der Waals surface area contributed by atoms with Crippen molar-refractivity contribution in [3.8, 4) is 0 Å². The predicted molar refractivity (Wildman–Crippen MR) is 132 cm³/mol. The fraction of sp³-hybridized carbons (Fsp3) is 0.607.